The number of methoxy groups -OCH3 is 1. The average molecular weight is 284 g/mol. The Bertz CT molecular complexity index is 596. The van der Waals surface area contributed by atoms with E-state index in [2.05, 4.69) is 49.3 Å². The van der Waals surface area contributed by atoms with Crippen molar-refractivity contribution in [1.29, 1.82) is 0 Å². The maximum Gasteiger partial charge on any atom is 0.119 e. The van der Waals surface area contributed by atoms with Crippen LogP contribution in [0.15, 0.2) is 36.7 Å². The zero-order chi connectivity index (χ0) is 15.2. The number of rotatable bonds is 6. The fourth-order valence-electron chi connectivity index (χ4n) is 2.71. The molecule has 0 aliphatic carbocycles. The lowest BCUT2D eigenvalue weighted by molar-refractivity contribution is 0.414. The molecule has 2 aromatic rings. The van der Waals surface area contributed by atoms with Gasteiger partial charge in [0.15, 0.2) is 0 Å². The fourth-order valence-corrected chi connectivity index (χ4v) is 2.71. The molecule has 1 atom stereocenters. The van der Waals surface area contributed by atoms with Gasteiger partial charge in [0.2, 0.25) is 0 Å². The number of nitrogens with zero attached hydrogens (tertiary/aromatic N) is 1. The fraction of sp³-hybridized carbons (Fsp3) is 0.389. The third kappa shape index (κ3) is 3.42. The van der Waals surface area contributed by atoms with E-state index < -0.39 is 0 Å². The summed E-state index contributed by atoms with van der Waals surface area (Å²) in [4.78, 5) is 4.25. The third-order valence-electron chi connectivity index (χ3n) is 3.83. The molecular formula is C18H24N2O. The normalized spacial score (nSPS) is 12.2. The first kappa shape index (κ1) is 15.5. The summed E-state index contributed by atoms with van der Waals surface area (Å²) in [6.45, 7) is 7.36. The highest BCUT2D eigenvalue weighted by atomic mass is 16.5. The molecule has 2 rings (SSSR count). The first-order valence-corrected chi connectivity index (χ1v) is 7.51. The lowest BCUT2D eigenvalue weighted by Crippen LogP contribution is -2.24. The van der Waals surface area contributed by atoms with Gasteiger partial charge in [-0.1, -0.05) is 19.9 Å². The Balaban J connectivity index is 2.48. The molecule has 0 saturated carbocycles. The quantitative estimate of drug-likeness (QED) is 0.879. The van der Waals surface area contributed by atoms with E-state index in [0.717, 1.165) is 18.7 Å². The summed E-state index contributed by atoms with van der Waals surface area (Å²) in [5.74, 6) is 0.900. The largest absolute Gasteiger partial charge is 0.497 e. The van der Waals surface area contributed by atoms with Gasteiger partial charge in [-0.2, -0.15) is 0 Å². The minimum atomic E-state index is 0.193. The molecule has 1 heterocycles. The number of aromatic nitrogens is 1. The first-order valence-electron chi connectivity index (χ1n) is 7.51. The molecule has 3 nitrogen and oxygen atoms in total. The van der Waals surface area contributed by atoms with Gasteiger partial charge in [0.1, 0.15) is 5.75 Å². The van der Waals surface area contributed by atoms with Crippen molar-refractivity contribution in [3.05, 3.63) is 58.9 Å². The topological polar surface area (TPSA) is 34.1 Å². The summed E-state index contributed by atoms with van der Waals surface area (Å²) in [5.41, 5.74) is 5.12. The number of aryl methyl sites for hydroxylation is 2. The van der Waals surface area contributed by atoms with Crippen LogP contribution in [0.2, 0.25) is 0 Å². The molecule has 1 N–H and O–H groups in total. The zero-order valence-electron chi connectivity index (χ0n) is 13.3. The lowest BCUT2D eigenvalue weighted by atomic mass is 9.92. The Hall–Kier alpha value is -1.87. The molecule has 0 aliphatic heterocycles. The summed E-state index contributed by atoms with van der Waals surface area (Å²) in [6.07, 6.45) is 4.83. The molecular weight excluding hydrogens is 260 g/mol. The minimum Gasteiger partial charge on any atom is -0.497 e. The monoisotopic (exact) mass is 284 g/mol. The third-order valence-corrected chi connectivity index (χ3v) is 3.83. The Morgan fingerprint density at radius 2 is 2.00 bits per heavy atom. The lowest BCUT2D eigenvalue weighted by Gasteiger charge is -2.23. The molecule has 0 aliphatic rings. The predicted octanol–water partition coefficient (Wildman–Crippen LogP) is 3.66. The van der Waals surface area contributed by atoms with Crippen LogP contribution in [0.25, 0.3) is 0 Å². The van der Waals surface area contributed by atoms with Crippen LogP contribution in [0.4, 0.5) is 0 Å². The molecule has 0 fully saturated rings. The van der Waals surface area contributed by atoms with Gasteiger partial charge in [0.05, 0.1) is 13.2 Å². The highest BCUT2D eigenvalue weighted by Crippen LogP contribution is 2.29. The second kappa shape index (κ2) is 7.23. The van der Waals surface area contributed by atoms with Crippen molar-refractivity contribution >= 4 is 0 Å². The number of pyridine rings is 1. The van der Waals surface area contributed by atoms with Crippen LogP contribution in [0.3, 0.4) is 0 Å². The van der Waals surface area contributed by atoms with Crippen molar-refractivity contribution < 1.29 is 4.74 Å². The maximum absolute atomic E-state index is 5.31. The molecule has 112 valence electrons. The van der Waals surface area contributed by atoms with Crippen LogP contribution in [0, 0.1) is 6.92 Å². The van der Waals surface area contributed by atoms with Crippen molar-refractivity contribution in [3.8, 4) is 5.75 Å². The SMILES string of the molecule is CCNC(c1ccc(OC)cc1C)c1ccncc1CC. The molecule has 0 radical (unpaired) electrons. The van der Waals surface area contributed by atoms with Gasteiger partial charge >= 0.3 is 0 Å². The number of benzene rings is 1. The molecule has 1 unspecified atom stereocenters. The average Bonchev–Trinajstić information content (AvgIpc) is 2.53. The molecule has 0 amide bonds. The minimum absolute atomic E-state index is 0.193. The van der Waals surface area contributed by atoms with E-state index in [1.807, 2.05) is 18.5 Å². The van der Waals surface area contributed by atoms with Gasteiger partial charge in [-0.3, -0.25) is 4.98 Å². The van der Waals surface area contributed by atoms with Gasteiger partial charge in [-0.25, -0.2) is 0 Å². The van der Waals surface area contributed by atoms with Crippen molar-refractivity contribution in [1.82, 2.24) is 10.3 Å². The number of ether oxygens (including phenoxy) is 1. The highest BCUT2D eigenvalue weighted by molar-refractivity contribution is 5.43. The summed E-state index contributed by atoms with van der Waals surface area (Å²) >= 11 is 0. The maximum atomic E-state index is 5.31. The molecule has 21 heavy (non-hydrogen) atoms. The van der Waals surface area contributed by atoms with E-state index in [1.165, 1.54) is 22.3 Å². The number of hydrogen-bond donors (Lipinski definition) is 1. The predicted molar refractivity (Wildman–Crippen MR) is 86.9 cm³/mol. The highest BCUT2D eigenvalue weighted by Gasteiger charge is 2.18. The standard InChI is InChI=1S/C18H24N2O/c1-5-14-12-19-10-9-17(14)18(20-6-2)16-8-7-15(21-4)11-13(16)3/h7-12,18,20H,5-6H2,1-4H3. The van der Waals surface area contributed by atoms with Gasteiger partial charge in [-0.15, -0.1) is 0 Å². The Labute approximate surface area is 127 Å². The van der Waals surface area contributed by atoms with E-state index in [4.69, 9.17) is 4.74 Å². The van der Waals surface area contributed by atoms with Crippen LogP contribution in [0.5, 0.6) is 5.75 Å². The second-order valence-electron chi connectivity index (χ2n) is 5.14. The van der Waals surface area contributed by atoms with Crippen molar-refractivity contribution in [3.63, 3.8) is 0 Å². The van der Waals surface area contributed by atoms with E-state index in [1.54, 1.807) is 7.11 Å². The van der Waals surface area contributed by atoms with Gasteiger partial charge < -0.3 is 10.1 Å². The van der Waals surface area contributed by atoms with Crippen molar-refractivity contribution in [2.75, 3.05) is 13.7 Å². The van der Waals surface area contributed by atoms with Crippen molar-refractivity contribution in [2.24, 2.45) is 0 Å². The zero-order valence-corrected chi connectivity index (χ0v) is 13.3. The first-order chi connectivity index (χ1) is 10.2. The summed E-state index contributed by atoms with van der Waals surface area (Å²) < 4.78 is 5.31. The molecule has 0 saturated heterocycles. The molecule has 1 aromatic carbocycles. The smallest absolute Gasteiger partial charge is 0.119 e. The van der Waals surface area contributed by atoms with Crippen LogP contribution in [0.1, 0.15) is 42.1 Å². The number of nitrogens with one attached hydrogen (secondary N) is 1. The van der Waals surface area contributed by atoms with E-state index in [-0.39, 0.29) is 6.04 Å². The molecule has 3 heteroatoms. The van der Waals surface area contributed by atoms with Crippen LogP contribution in [-0.4, -0.2) is 18.6 Å². The van der Waals surface area contributed by atoms with Gasteiger partial charge in [-0.05, 0) is 60.3 Å². The summed E-state index contributed by atoms with van der Waals surface area (Å²) in [7, 11) is 1.70. The van der Waals surface area contributed by atoms with Gasteiger partial charge in [0, 0.05) is 12.4 Å². The van der Waals surface area contributed by atoms with Crippen molar-refractivity contribution in [2.45, 2.75) is 33.2 Å². The summed E-state index contributed by atoms with van der Waals surface area (Å²) in [6, 6.07) is 8.59. The molecule has 0 spiro atoms. The van der Waals surface area contributed by atoms with E-state index in [0.29, 0.717) is 0 Å². The van der Waals surface area contributed by atoms with Crippen LogP contribution < -0.4 is 10.1 Å². The Kier molecular flexibility index (Phi) is 5.34. The Morgan fingerprint density at radius 3 is 2.62 bits per heavy atom. The van der Waals surface area contributed by atoms with Gasteiger partial charge in [0.25, 0.3) is 0 Å². The van der Waals surface area contributed by atoms with E-state index >= 15 is 0 Å². The second-order valence-corrected chi connectivity index (χ2v) is 5.14. The van der Waals surface area contributed by atoms with Crippen LogP contribution in [-0.2, 0) is 6.42 Å². The Morgan fingerprint density at radius 1 is 1.19 bits per heavy atom. The molecule has 0 bridgehead atoms. The van der Waals surface area contributed by atoms with Crippen LogP contribution >= 0.6 is 0 Å². The van der Waals surface area contributed by atoms with E-state index in [9.17, 15) is 0 Å². The summed E-state index contributed by atoms with van der Waals surface area (Å²) in [5, 5.41) is 3.60. The molecule has 1 aromatic heterocycles. The number of hydrogen-bond acceptors (Lipinski definition) is 3.